The van der Waals surface area contributed by atoms with Crippen LogP contribution in [0.3, 0.4) is 0 Å². The minimum absolute atomic E-state index is 0.0367. The minimum atomic E-state index is -3.36. The third-order valence-corrected chi connectivity index (χ3v) is 5.76. The summed E-state index contributed by atoms with van der Waals surface area (Å²) in [7, 11) is 0. The van der Waals surface area contributed by atoms with Crippen LogP contribution in [0, 0.1) is 23.7 Å². The van der Waals surface area contributed by atoms with Crippen molar-refractivity contribution in [1.82, 2.24) is 15.7 Å². The van der Waals surface area contributed by atoms with Crippen molar-refractivity contribution in [2.24, 2.45) is 0 Å². The molecule has 194 valence electrons. The minimum Gasteiger partial charge on any atom is -0.381 e. The molecule has 37 heavy (non-hydrogen) atoms. The molecule has 0 saturated carbocycles. The van der Waals surface area contributed by atoms with E-state index in [1.165, 1.54) is 35.3 Å². The number of amides is 2. The van der Waals surface area contributed by atoms with Crippen LogP contribution in [0.4, 0.5) is 8.78 Å². The van der Waals surface area contributed by atoms with Gasteiger partial charge >= 0.3 is 0 Å². The number of ether oxygens (including phenoxy) is 1. The van der Waals surface area contributed by atoms with Crippen LogP contribution >= 0.6 is 0 Å². The van der Waals surface area contributed by atoms with Crippen molar-refractivity contribution in [3.8, 4) is 23.7 Å². The van der Waals surface area contributed by atoms with Crippen molar-refractivity contribution in [1.29, 1.82) is 0 Å². The van der Waals surface area contributed by atoms with E-state index in [4.69, 9.17) is 9.94 Å². The summed E-state index contributed by atoms with van der Waals surface area (Å²) in [5.74, 6) is 9.05. The highest BCUT2D eigenvalue weighted by Crippen LogP contribution is 2.20. The number of hydroxylamine groups is 1. The maximum Gasteiger partial charge on any atom is 0.269 e. The molecule has 1 heterocycles. The van der Waals surface area contributed by atoms with Crippen molar-refractivity contribution >= 4 is 11.8 Å². The monoisotopic (exact) mass is 511 g/mol. The van der Waals surface area contributed by atoms with E-state index in [0.29, 0.717) is 12.5 Å². The van der Waals surface area contributed by atoms with Crippen LogP contribution in [0.2, 0.25) is 0 Å². The Labute approximate surface area is 213 Å². The third kappa shape index (κ3) is 7.84. The maximum absolute atomic E-state index is 13.1. The molecule has 1 saturated heterocycles. The van der Waals surface area contributed by atoms with Crippen molar-refractivity contribution in [2.75, 3.05) is 26.3 Å². The first kappa shape index (κ1) is 27.8. The molecule has 0 aliphatic carbocycles. The fourth-order valence-corrected chi connectivity index (χ4v) is 3.50. The lowest BCUT2D eigenvalue weighted by Gasteiger charge is -2.30. The molecule has 2 aromatic rings. The van der Waals surface area contributed by atoms with E-state index >= 15 is 0 Å². The lowest BCUT2D eigenvalue weighted by atomic mass is 9.95. The number of nitrogens with zero attached hydrogens (tertiary/aromatic N) is 1. The Morgan fingerprint density at radius 1 is 1.03 bits per heavy atom. The second-order valence-electron chi connectivity index (χ2n) is 8.57. The summed E-state index contributed by atoms with van der Waals surface area (Å²) in [4.78, 5) is 26.5. The molecule has 0 bridgehead atoms. The number of hydrogen-bond donors (Lipinski definition) is 4. The van der Waals surface area contributed by atoms with Crippen molar-refractivity contribution in [2.45, 2.75) is 31.5 Å². The smallest absolute Gasteiger partial charge is 0.269 e. The van der Waals surface area contributed by atoms with E-state index in [1.54, 1.807) is 0 Å². The molecule has 1 aliphatic rings. The molecule has 1 aliphatic heterocycles. The van der Waals surface area contributed by atoms with Crippen LogP contribution in [0.1, 0.15) is 34.0 Å². The number of alkyl halides is 2. The average molecular weight is 512 g/mol. The molecule has 1 fully saturated rings. The predicted octanol–water partition coefficient (Wildman–Crippen LogP) is 1.54. The number of nitrogens with one attached hydrogen (secondary N) is 2. The molecule has 2 aromatic carbocycles. The van der Waals surface area contributed by atoms with E-state index < -0.39 is 29.9 Å². The third-order valence-electron chi connectivity index (χ3n) is 5.76. The van der Waals surface area contributed by atoms with E-state index in [9.17, 15) is 23.5 Å². The zero-order valence-electron chi connectivity index (χ0n) is 20.1. The van der Waals surface area contributed by atoms with Crippen molar-refractivity contribution in [3.63, 3.8) is 0 Å². The molecule has 3 rings (SSSR count). The van der Waals surface area contributed by atoms with E-state index in [0.717, 1.165) is 38.4 Å². The molecule has 2 atom stereocenters. The number of benzene rings is 2. The highest BCUT2D eigenvalue weighted by atomic mass is 19.3. The Morgan fingerprint density at radius 2 is 1.57 bits per heavy atom. The Bertz CT molecular complexity index is 1200. The molecule has 10 heteroatoms. The summed E-state index contributed by atoms with van der Waals surface area (Å²) in [5, 5.41) is 20.7. The van der Waals surface area contributed by atoms with Gasteiger partial charge in [0.25, 0.3) is 18.2 Å². The summed E-state index contributed by atoms with van der Waals surface area (Å²) in [6, 6.07) is 11.7. The number of hydrogen-bond acceptors (Lipinski definition) is 6. The Balaban J connectivity index is 1.58. The summed E-state index contributed by atoms with van der Waals surface area (Å²) < 4.78 is 31.6. The summed E-state index contributed by atoms with van der Waals surface area (Å²) in [6.07, 6.45) is -3.36. The van der Waals surface area contributed by atoms with Gasteiger partial charge in [0.2, 0.25) is 0 Å². The SMILES string of the molecule is CC(O)(C(F)F)[C@H](NC(=O)c1ccc(C#CC#Cc2ccc(CN3CCOCC3)cc2)cc1)C(=O)NO. The van der Waals surface area contributed by atoms with Crippen molar-refractivity contribution in [3.05, 3.63) is 70.8 Å². The number of halogens is 2. The molecule has 2 amide bonds. The number of aliphatic hydroxyl groups is 1. The zero-order chi connectivity index (χ0) is 26.8. The van der Waals surface area contributed by atoms with Gasteiger partial charge in [-0.2, -0.15) is 0 Å². The molecular formula is C27H27F2N3O5. The van der Waals surface area contributed by atoms with Crippen LogP contribution < -0.4 is 10.8 Å². The quantitative estimate of drug-likeness (QED) is 0.255. The molecule has 0 aromatic heterocycles. The zero-order valence-corrected chi connectivity index (χ0v) is 20.1. The van der Waals surface area contributed by atoms with Gasteiger partial charge in [0.1, 0.15) is 6.04 Å². The van der Waals surface area contributed by atoms with Crippen LogP contribution in [-0.4, -0.2) is 71.4 Å². The summed E-state index contributed by atoms with van der Waals surface area (Å²) >= 11 is 0. The fraction of sp³-hybridized carbons (Fsp3) is 0.333. The van der Waals surface area contributed by atoms with Crippen molar-refractivity contribution < 1.29 is 33.4 Å². The van der Waals surface area contributed by atoms with Gasteiger partial charge in [0.15, 0.2) is 5.60 Å². The molecule has 0 spiro atoms. The first-order chi connectivity index (χ1) is 17.7. The first-order valence-corrected chi connectivity index (χ1v) is 11.5. The van der Waals surface area contributed by atoms with Crippen LogP contribution in [0.25, 0.3) is 0 Å². The highest BCUT2D eigenvalue weighted by Gasteiger charge is 2.46. The van der Waals surface area contributed by atoms with E-state index in [2.05, 4.69) is 28.6 Å². The average Bonchev–Trinajstić information content (AvgIpc) is 2.90. The number of carbonyl (C=O) groups is 2. The standard InChI is InChI=1S/C27H27F2N3O5/c1-27(35,26(28)29)23(25(34)31-36)30-24(33)22-12-10-20(11-13-22)5-3-2-4-19-6-8-21(9-7-19)18-32-14-16-37-17-15-32/h6-13,23,26,35-36H,14-18H2,1H3,(H,30,33)(H,31,34)/t23-,27?/m1/s1. The van der Waals surface area contributed by atoms with Gasteiger partial charge in [-0.25, -0.2) is 14.3 Å². The second-order valence-corrected chi connectivity index (χ2v) is 8.57. The summed E-state index contributed by atoms with van der Waals surface area (Å²) in [6.45, 7) is 4.90. The largest absolute Gasteiger partial charge is 0.381 e. The number of morpholine rings is 1. The van der Waals surface area contributed by atoms with E-state index in [-0.39, 0.29) is 5.56 Å². The second kappa shape index (κ2) is 12.9. The molecular weight excluding hydrogens is 484 g/mol. The summed E-state index contributed by atoms with van der Waals surface area (Å²) in [5.41, 5.74) is 0.874. The Hall–Kier alpha value is -3.80. The van der Waals surface area contributed by atoms with E-state index in [1.807, 2.05) is 29.6 Å². The van der Waals surface area contributed by atoms with Gasteiger partial charge in [0, 0.05) is 36.3 Å². The number of carbonyl (C=O) groups excluding carboxylic acids is 2. The molecule has 4 N–H and O–H groups in total. The Kier molecular flexibility index (Phi) is 9.72. The lowest BCUT2D eigenvalue weighted by molar-refractivity contribution is -0.149. The van der Waals surface area contributed by atoms with Gasteiger partial charge < -0.3 is 15.2 Å². The molecule has 0 radical (unpaired) electrons. The van der Waals surface area contributed by atoms with Crippen LogP contribution in [0.5, 0.6) is 0 Å². The van der Waals surface area contributed by atoms with Gasteiger partial charge in [-0.1, -0.05) is 24.0 Å². The first-order valence-electron chi connectivity index (χ1n) is 11.5. The van der Waals surface area contributed by atoms with Gasteiger partial charge in [-0.3, -0.25) is 19.7 Å². The highest BCUT2D eigenvalue weighted by molar-refractivity contribution is 5.97. The number of rotatable bonds is 7. The predicted molar refractivity (Wildman–Crippen MR) is 131 cm³/mol. The van der Waals surface area contributed by atoms with Gasteiger partial charge in [-0.15, -0.1) is 0 Å². The maximum atomic E-state index is 13.1. The van der Waals surface area contributed by atoms with Gasteiger partial charge in [0.05, 0.1) is 13.2 Å². The van der Waals surface area contributed by atoms with Crippen LogP contribution in [-0.2, 0) is 16.1 Å². The Morgan fingerprint density at radius 3 is 2.08 bits per heavy atom. The topological polar surface area (TPSA) is 111 Å². The molecule has 1 unspecified atom stereocenters. The van der Waals surface area contributed by atoms with Crippen LogP contribution in [0.15, 0.2) is 48.5 Å². The van der Waals surface area contributed by atoms with Gasteiger partial charge in [-0.05, 0) is 60.7 Å². The normalized spacial score (nSPS) is 15.8. The molecule has 8 nitrogen and oxygen atoms in total. The lowest BCUT2D eigenvalue weighted by Crippen LogP contribution is -2.61. The fourth-order valence-electron chi connectivity index (χ4n) is 3.50.